The zero-order valence-corrected chi connectivity index (χ0v) is 12.4. The van der Waals surface area contributed by atoms with Crippen molar-refractivity contribution in [2.24, 2.45) is 22.7 Å². The van der Waals surface area contributed by atoms with Gasteiger partial charge in [0.15, 0.2) is 0 Å². The third-order valence-corrected chi connectivity index (χ3v) is 5.58. The first kappa shape index (κ1) is 14.2. The highest BCUT2D eigenvalue weighted by atomic mass is 16.4. The van der Waals surface area contributed by atoms with Crippen LogP contribution in [0.4, 0.5) is 4.79 Å². The van der Waals surface area contributed by atoms with Gasteiger partial charge in [-0.15, -0.1) is 0 Å². The largest absolute Gasteiger partial charge is 0.481 e. The van der Waals surface area contributed by atoms with E-state index in [1.807, 2.05) is 0 Å². The second-order valence-corrected chi connectivity index (χ2v) is 7.12. The Bertz CT molecular complexity index is 397. The molecule has 5 nitrogen and oxygen atoms in total. The summed E-state index contributed by atoms with van der Waals surface area (Å²) in [5.41, 5.74) is 0.253. The molecular weight excluding hydrogens is 244 g/mol. The van der Waals surface area contributed by atoms with E-state index in [-0.39, 0.29) is 34.7 Å². The number of hydrogen-bond acceptors (Lipinski definition) is 2. The zero-order chi connectivity index (χ0) is 14.6. The van der Waals surface area contributed by atoms with Crippen LogP contribution >= 0.6 is 0 Å². The first-order valence-corrected chi connectivity index (χ1v) is 6.87. The van der Waals surface area contributed by atoms with E-state index in [4.69, 9.17) is 5.11 Å². The van der Waals surface area contributed by atoms with Crippen molar-refractivity contribution < 1.29 is 14.7 Å². The lowest BCUT2D eigenvalue weighted by Gasteiger charge is -2.41. The van der Waals surface area contributed by atoms with Crippen molar-refractivity contribution in [1.29, 1.82) is 0 Å². The third kappa shape index (κ3) is 2.09. The minimum atomic E-state index is -0.783. The summed E-state index contributed by atoms with van der Waals surface area (Å²) >= 11 is 0. The number of hydrogen-bond donors (Lipinski definition) is 2. The lowest BCUT2D eigenvalue weighted by molar-refractivity contribution is -0.144. The number of carboxylic acids is 1. The van der Waals surface area contributed by atoms with Crippen LogP contribution in [0.25, 0.3) is 0 Å². The van der Waals surface area contributed by atoms with Crippen LogP contribution in [0, 0.1) is 22.7 Å². The summed E-state index contributed by atoms with van der Waals surface area (Å²) in [7, 11) is 0. The maximum Gasteiger partial charge on any atom is 0.317 e. The number of amides is 2. The second kappa shape index (κ2) is 4.12. The van der Waals surface area contributed by atoms with Crippen molar-refractivity contribution in [3.05, 3.63) is 0 Å². The fourth-order valence-corrected chi connectivity index (χ4v) is 2.97. The Balaban J connectivity index is 1.81. The Morgan fingerprint density at radius 2 is 1.68 bits per heavy atom. The van der Waals surface area contributed by atoms with Gasteiger partial charge in [-0.05, 0) is 10.8 Å². The van der Waals surface area contributed by atoms with E-state index in [0.717, 1.165) is 0 Å². The van der Waals surface area contributed by atoms with Gasteiger partial charge < -0.3 is 15.3 Å². The highest BCUT2D eigenvalue weighted by molar-refractivity contribution is 5.77. The van der Waals surface area contributed by atoms with Gasteiger partial charge in [-0.3, -0.25) is 4.79 Å². The van der Waals surface area contributed by atoms with E-state index in [1.54, 1.807) is 11.8 Å². The van der Waals surface area contributed by atoms with Crippen LogP contribution in [0.1, 0.15) is 34.6 Å². The standard InChI is InChI=1S/C14H24N2O3/c1-8(10(17)18)9-6-16(7-9)12(19)15-11-13(2,3)14(11,4)5/h8-9,11H,6-7H2,1-5H3,(H,15,19)(H,17,18). The smallest absolute Gasteiger partial charge is 0.317 e. The average Bonchev–Trinajstić information content (AvgIpc) is 2.58. The Kier molecular flexibility index (Phi) is 3.07. The van der Waals surface area contributed by atoms with E-state index in [2.05, 4.69) is 33.0 Å². The number of rotatable bonds is 3. The quantitative estimate of drug-likeness (QED) is 0.819. The van der Waals surface area contributed by atoms with Crippen LogP contribution in [0.2, 0.25) is 0 Å². The van der Waals surface area contributed by atoms with Crippen molar-refractivity contribution >= 4 is 12.0 Å². The highest BCUT2D eigenvalue weighted by Crippen LogP contribution is 2.62. The highest BCUT2D eigenvalue weighted by Gasteiger charge is 2.65. The van der Waals surface area contributed by atoms with E-state index < -0.39 is 5.97 Å². The van der Waals surface area contributed by atoms with Crippen LogP contribution in [-0.4, -0.2) is 41.1 Å². The Morgan fingerprint density at radius 3 is 2.05 bits per heavy atom. The first-order valence-electron chi connectivity index (χ1n) is 6.87. The lowest BCUT2D eigenvalue weighted by Crippen LogP contribution is -2.57. The molecule has 2 rings (SSSR count). The van der Waals surface area contributed by atoms with Gasteiger partial charge in [-0.1, -0.05) is 34.6 Å². The van der Waals surface area contributed by atoms with Crippen molar-refractivity contribution in [2.75, 3.05) is 13.1 Å². The van der Waals surface area contributed by atoms with Crippen molar-refractivity contribution in [1.82, 2.24) is 10.2 Å². The van der Waals surface area contributed by atoms with Crippen molar-refractivity contribution in [3.63, 3.8) is 0 Å². The number of carbonyl (C=O) groups excluding carboxylic acids is 1. The molecule has 0 aromatic rings. The molecule has 2 aliphatic rings. The number of urea groups is 1. The summed E-state index contributed by atoms with van der Waals surface area (Å²) in [5, 5.41) is 12.0. The molecule has 1 unspecified atom stereocenters. The summed E-state index contributed by atoms with van der Waals surface area (Å²) in [5.74, 6) is -1.07. The summed E-state index contributed by atoms with van der Waals surface area (Å²) in [6.07, 6.45) is 0. The Morgan fingerprint density at radius 1 is 1.21 bits per heavy atom. The normalized spacial score (nSPS) is 26.5. The van der Waals surface area contributed by atoms with Crippen molar-refractivity contribution in [3.8, 4) is 0 Å². The van der Waals surface area contributed by atoms with E-state index >= 15 is 0 Å². The maximum atomic E-state index is 12.1. The molecule has 1 aliphatic carbocycles. The molecule has 1 atom stereocenters. The molecule has 19 heavy (non-hydrogen) atoms. The number of carbonyl (C=O) groups is 2. The Labute approximate surface area is 114 Å². The summed E-state index contributed by atoms with van der Waals surface area (Å²) in [4.78, 5) is 24.6. The third-order valence-electron chi connectivity index (χ3n) is 5.58. The van der Waals surface area contributed by atoms with Gasteiger partial charge >= 0.3 is 12.0 Å². The summed E-state index contributed by atoms with van der Waals surface area (Å²) in [6, 6.07) is 0.140. The van der Waals surface area contributed by atoms with Crippen LogP contribution in [0.3, 0.4) is 0 Å². The molecule has 2 N–H and O–H groups in total. The van der Waals surface area contributed by atoms with Gasteiger partial charge in [0, 0.05) is 25.0 Å². The number of likely N-dealkylation sites (tertiary alicyclic amines) is 1. The molecule has 0 radical (unpaired) electrons. The van der Waals surface area contributed by atoms with Gasteiger partial charge in [-0.25, -0.2) is 4.79 Å². The molecule has 2 fully saturated rings. The van der Waals surface area contributed by atoms with Crippen LogP contribution in [0.15, 0.2) is 0 Å². The van der Waals surface area contributed by atoms with Crippen LogP contribution in [-0.2, 0) is 4.79 Å². The molecular formula is C14H24N2O3. The molecule has 1 aliphatic heterocycles. The number of carboxylic acid groups (broad SMARTS) is 1. The summed E-state index contributed by atoms with van der Waals surface area (Å²) < 4.78 is 0. The molecule has 0 aromatic carbocycles. The topological polar surface area (TPSA) is 69.6 Å². The Hall–Kier alpha value is -1.26. The predicted octanol–water partition coefficient (Wildman–Crippen LogP) is 1.78. The van der Waals surface area contributed by atoms with E-state index in [1.165, 1.54) is 0 Å². The number of nitrogens with one attached hydrogen (secondary N) is 1. The minimum Gasteiger partial charge on any atom is -0.481 e. The molecule has 108 valence electrons. The van der Waals surface area contributed by atoms with Gasteiger partial charge in [-0.2, -0.15) is 0 Å². The van der Waals surface area contributed by atoms with Gasteiger partial charge in [0.05, 0.1) is 5.92 Å². The molecule has 1 heterocycles. The number of aliphatic carboxylic acids is 1. The molecule has 0 aromatic heterocycles. The first-order chi connectivity index (χ1) is 8.59. The van der Waals surface area contributed by atoms with E-state index in [9.17, 15) is 9.59 Å². The van der Waals surface area contributed by atoms with Gasteiger partial charge in [0.2, 0.25) is 0 Å². The van der Waals surface area contributed by atoms with E-state index in [0.29, 0.717) is 13.1 Å². The molecule has 0 bridgehead atoms. The molecule has 0 spiro atoms. The number of nitrogens with zero attached hydrogens (tertiary/aromatic N) is 1. The van der Waals surface area contributed by atoms with Crippen LogP contribution < -0.4 is 5.32 Å². The predicted molar refractivity (Wildman–Crippen MR) is 71.7 cm³/mol. The van der Waals surface area contributed by atoms with Crippen LogP contribution in [0.5, 0.6) is 0 Å². The van der Waals surface area contributed by atoms with Crippen molar-refractivity contribution in [2.45, 2.75) is 40.7 Å². The minimum absolute atomic E-state index is 0.0579. The summed E-state index contributed by atoms with van der Waals surface area (Å²) in [6.45, 7) is 11.4. The SMILES string of the molecule is CC(C(=O)O)C1CN(C(=O)NC2C(C)(C)C2(C)C)C1. The monoisotopic (exact) mass is 268 g/mol. The van der Waals surface area contributed by atoms with Gasteiger partial charge in [0.1, 0.15) is 0 Å². The second-order valence-electron chi connectivity index (χ2n) is 7.12. The molecule has 5 heteroatoms. The average molecular weight is 268 g/mol. The van der Waals surface area contributed by atoms with Gasteiger partial charge in [0.25, 0.3) is 0 Å². The molecule has 1 saturated heterocycles. The zero-order valence-electron chi connectivity index (χ0n) is 12.4. The maximum absolute atomic E-state index is 12.1. The molecule has 1 saturated carbocycles. The lowest BCUT2D eigenvalue weighted by atomic mass is 9.87. The fraction of sp³-hybridized carbons (Fsp3) is 0.857. The fourth-order valence-electron chi connectivity index (χ4n) is 2.97. The molecule has 2 amide bonds.